The van der Waals surface area contributed by atoms with E-state index < -0.39 is 29.1 Å². The minimum absolute atomic E-state index is 0.145. The first kappa shape index (κ1) is 17.6. The van der Waals surface area contributed by atoms with Crippen molar-refractivity contribution in [3.8, 4) is 0 Å². The Hall–Kier alpha value is -2.74. The maximum absolute atomic E-state index is 13.5. The van der Waals surface area contributed by atoms with Gasteiger partial charge in [-0.25, -0.2) is 8.78 Å². The van der Waals surface area contributed by atoms with Crippen molar-refractivity contribution in [1.82, 2.24) is 4.90 Å². The van der Waals surface area contributed by atoms with Crippen LogP contribution in [0.2, 0.25) is 0 Å². The molecular weight excluding hydrogens is 320 g/mol. The molecule has 0 aliphatic rings. The summed E-state index contributed by atoms with van der Waals surface area (Å²) in [5, 5.41) is 2.14. The van der Waals surface area contributed by atoms with Crippen molar-refractivity contribution < 1.29 is 22.8 Å². The molecule has 128 valence electrons. The second-order valence-corrected chi connectivity index (χ2v) is 4.97. The lowest BCUT2D eigenvalue weighted by Gasteiger charge is -2.19. The van der Waals surface area contributed by atoms with E-state index in [4.69, 9.17) is 10.2 Å². The number of nitrogens with zero attached hydrogens (tertiary/aromatic N) is 1. The molecule has 0 saturated carbocycles. The van der Waals surface area contributed by atoms with Crippen LogP contribution >= 0.6 is 0 Å². The molecule has 0 atom stereocenters. The molecule has 1 aromatic heterocycles. The number of nitrogens with one attached hydrogen (secondary N) is 1. The standard InChI is InChI=1S/C16H17F2N3O3/c1-2-21(16(23)10-6-11(7-19)24-9-10)8-14(22)20-15-12(17)4-3-5-13(15)18/h3-6,9H,2,7-8,19H2,1H3,(H,20,22). The topological polar surface area (TPSA) is 88.6 Å². The number of likely N-dealkylation sites (N-methyl/N-ethyl adjacent to an activating group) is 1. The van der Waals surface area contributed by atoms with E-state index >= 15 is 0 Å². The van der Waals surface area contributed by atoms with Crippen molar-refractivity contribution >= 4 is 17.5 Å². The number of anilines is 1. The Balaban J connectivity index is 2.06. The minimum atomic E-state index is -0.889. The molecule has 1 heterocycles. The molecule has 6 nitrogen and oxygen atoms in total. The summed E-state index contributed by atoms with van der Waals surface area (Å²) in [6, 6.07) is 4.73. The Morgan fingerprint density at radius 2 is 1.96 bits per heavy atom. The van der Waals surface area contributed by atoms with Gasteiger partial charge in [0.1, 0.15) is 35.9 Å². The van der Waals surface area contributed by atoms with Crippen LogP contribution in [-0.2, 0) is 11.3 Å². The molecule has 24 heavy (non-hydrogen) atoms. The van der Waals surface area contributed by atoms with Crippen LogP contribution in [0.25, 0.3) is 0 Å². The van der Waals surface area contributed by atoms with Gasteiger partial charge in [0.25, 0.3) is 5.91 Å². The van der Waals surface area contributed by atoms with E-state index in [1.807, 2.05) is 0 Å². The minimum Gasteiger partial charge on any atom is -0.467 e. The number of carbonyl (C=O) groups excluding carboxylic acids is 2. The number of para-hydroxylation sites is 1. The van der Waals surface area contributed by atoms with Crippen LogP contribution in [0.4, 0.5) is 14.5 Å². The van der Waals surface area contributed by atoms with E-state index in [1.165, 1.54) is 23.3 Å². The zero-order chi connectivity index (χ0) is 17.7. The van der Waals surface area contributed by atoms with Gasteiger partial charge in [-0.1, -0.05) is 6.07 Å². The van der Waals surface area contributed by atoms with E-state index in [0.29, 0.717) is 5.76 Å². The molecule has 0 unspecified atom stereocenters. The van der Waals surface area contributed by atoms with Gasteiger partial charge in [0.15, 0.2) is 0 Å². The Morgan fingerprint density at radius 1 is 1.29 bits per heavy atom. The van der Waals surface area contributed by atoms with Gasteiger partial charge < -0.3 is 20.4 Å². The van der Waals surface area contributed by atoms with Crippen molar-refractivity contribution in [2.75, 3.05) is 18.4 Å². The zero-order valence-electron chi connectivity index (χ0n) is 13.0. The summed E-state index contributed by atoms with van der Waals surface area (Å²) in [6.07, 6.45) is 1.25. The highest BCUT2D eigenvalue weighted by atomic mass is 19.1. The summed E-state index contributed by atoms with van der Waals surface area (Å²) in [5.74, 6) is -2.49. The number of carbonyl (C=O) groups is 2. The fourth-order valence-electron chi connectivity index (χ4n) is 2.08. The lowest BCUT2D eigenvalue weighted by atomic mass is 10.2. The SMILES string of the molecule is CCN(CC(=O)Nc1c(F)cccc1F)C(=O)c1coc(CN)c1. The normalized spacial score (nSPS) is 10.5. The highest BCUT2D eigenvalue weighted by molar-refractivity contribution is 5.99. The van der Waals surface area contributed by atoms with E-state index in [-0.39, 0.29) is 25.2 Å². The summed E-state index contributed by atoms with van der Waals surface area (Å²) >= 11 is 0. The third-order valence-electron chi connectivity index (χ3n) is 3.33. The van der Waals surface area contributed by atoms with Gasteiger partial charge in [-0.05, 0) is 25.1 Å². The van der Waals surface area contributed by atoms with Gasteiger partial charge >= 0.3 is 0 Å². The van der Waals surface area contributed by atoms with Crippen molar-refractivity contribution in [2.45, 2.75) is 13.5 Å². The quantitative estimate of drug-likeness (QED) is 0.845. The number of furan rings is 1. The smallest absolute Gasteiger partial charge is 0.257 e. The Morgan fingerprint density at radius 3 is 2.50 bits per heavy atom. The lowest BCUT2D eigenvalue weighted by Crippen LogP contribution is -2.38. The Kier molecular flexibility index (Phi) is 5.64. The summed E-state index contributed by atoms with van der Waals surface area (Å²) in [7, 11) is 0. The van der Waals surface area contributed by atoms with Gasteiger partial charge in [-0.2, -0.15) is 0 Å². The number of amides is 2. The summed E-state index contributed by atoms with van der Waals surface area (Å²) in [4.78, 5) is 25.5. The highest BCUT2D eigenvalue weighted by Gasteiger charge is 2.20. The molecular formula is C16H17F2N3O3. The maximum atomic E-state index is 13.5. The average molecular weight is 337 g/mol. The molecule has 0 aliphatic carbocycles. The Bertz CT molecular complexity index is 726. The van der Waals surface area contributed by atoms with Gasteiger partial charge in [0.05, 0.1) is 12.1 Å². The molecule has 0 aliphatic heterocycles. The fourth-order valence-corrected chi connectivity index (χ4v) is 2.08. The predicted molar refractivity (Wildman–Crippen MR) is 83.2 cm³/mol. The van der Waals surface area contributed by atoms with Gasteiger partial charge in [-0.3, -0.25) is 9.59 Å². The van der Waals surface area contributed by atoms with Crippen LogP contribution in [0.5, 0.6) is 0 Å². The van der Waals surface area contributed by atoms with Crippen molar-refractivity contribution in [3.63, 3.8) is 0 Å². The first-order valence-corrected chi connectivity index (χ1v) is 7.26. The Labute approximate surface area is 137 Å². The first-order chi connectivity index (χ1) is 11.5. The third-order valence-corrected chi connectivity index (χ3v) is 3.33. The maximum Gasteiger partial charge on any atom is 0.257 e. The zero-order valence-corrected chi connectivity index (χ0v) is 13.0. The molecule has 3 N–H and O–H groups in total. The van der Waals surface area contributed by atoms with Crippen LogP contribution in [0.15, 0.2) is 34.9 Å². The highest BCUT2D eigenvalue weighted by Crippen LogP contribution is 2.18. The molecule has 2 rings (SSSR count). The monoisotopic (exact) mass is 337 g/mol. The number of rotatable bonds is 6. The number of halogens is 2. The average Bonchev–Trinajstić information content (AvgIpc) is 3.04. The molecule has 0 bridgehead atoms. The van der Waals surface area contributed by atoms with E-state index in [9.17, 15) is 18.4 Å². The van der Waals surface area contributed by atoms with Gasteiger partial charge in [0.2, 0.25) is 5.91 Å². The first-order valence-electron chi connectivity index (χ1n) is 7.26. The largest absolute Gasteiger partial charge is 0.467 e. The molecule has 8 heteroatoms. The molecule has 1 aromatic carbocycles. The molecule has 0 saturated heterocycles. The van der Waals surface area contributed by atoms with Gasteiger partial charge in [0, 0.05) is 6.54 Å². The second-order valence-electron chi connectivity index (χ2n) is 4.97. The number of hydrogen-bond acceptors (Lipinski definition) is 4. The van der Waals surface area contributed by atoms with Gasteiger partial charge in [-0.15, -0.1) is 0 Å². The lowest BCUT2D eigenvalue weighted by molar-refractivity contribution is -0.116. The number of hydrogen-bond donors (Lipinski definition) is 2. The molecule has 0 radical (unpaired) electrons. The third kappa shape index (κ3) is 3.96. The number of nitrogens with two attached hydrogens (primary N) is 1. The predicted octanol–water partition coefficient (Wildman–Crippen LogP) is 2.12. The van der Waals surface area contributed by atoms with Crippen LogP contribution in [0, 0.1) is 11.6 Å². The van der Waals surface area contributed by atoms with E-state index in [2.05, 4.69) is 5.32 Å². The van der Waals surface area contributed by atoms with Crippen molar-refractivity contribution in [2.24, 2.45) is 5.73 Å². The molecule has 0 fully saturated rings. The van der Waals surface area contributed by atoms with Crippen LogP contribution in [-0.4, -0.2) is 29.8 Å². The summed E-state index contributed by atoms with van der Waals surface area (Å²) in [5.41, 5.74) is 5.12. The second kappa shape index (κ2) is 7.69. The molecule has 2 amide bonds. The summed E-state index contributed by atoms with van der Waals surface area (Å²) < 4.78 is 32.2. The summed E-state index contributed by atoms with van der Waals surface area (Å²) in [6.45, 7) is 1.70. The van der Waals surface area contributed by atoms with Crippen LogP contribution in [0.3, 0.4) is 0 Å². The fraction of sp³-hybridized carbons (Fsp3) is 0.250. The van der Waals surface area contributed by atoms with Crippen LogP contribution < -0.4 is 11.1 Å². The molecule has 2 aromatic rings. The number of benzene rings is 1. The van der Waals surface area contributed by atoms with Crippen molar-refractivity contribution in [1.29, 1.82) is 0 Å². The molecule has 0 spiro atoms. The van der Waals surface area contributed by atoms with Crippen LogP contribution in [0.1, 0.15) is 23.0 Å². The van der Waals surface area contributed by atoms with Crippen molar-refractivity contribution in [3.05, 3.63) is 53.5 Å². The van der Waals surface area contributed by atoms with E-state index in [0.717, 1.165) is 12.1 Å². The van der Waals surface area contributed by atoms with E-state index in [1.54, 1.807) is 6.92 Å².